The number of thioether (sulfide) groups is 1. The molecule has 3 heteroatoms. The molecule has 0 amide bonds. The Bertz CT molecular complexity index is 268. The first kappa shape index (κ1) is 12.1. The van der Waals surface area contributed by atoms with Gasteiger partial charge in [0.15, 0.2) is 0 Å². The predicted octanol–water partition coefficient (Wildman–Crippen LogP) is 3.45. The summed E-state index contributed by atoms with van der Waals surface area (Å²) in [4.78, 5) is 1.36. The maximum Gasteiger partial charge on any atom is 0.0397 e. The molecule has 0 saturated carbocycles. The second-order valence-corrected chi connectivity index (χ2v) is 6.17. The van der Waals surface area contributed by atoms with Crippen LogP contribution in [-0.4, -0.2) is 11.5 Å². The highest BCUT2D eigenvalue weighted by Gasteiger charge is 2.09. The minimum Gasteiger partial charge on any atom is -0.323 e. The summed E-state index contributed by atoms with van der Waals surface area (Å²) in [5.41, 5.74) is 7.44. The van der Waals surface area contributed by atoms with Gasteiger partial charge in [0.05, 0.1) is 0 Å². The summed E-state index contributed by atoms with van der Waals surface area (Å²) in [5, 5.41) is 2.12. The van der Waals surface area contributed by atoms with Gasteiger partial charge in [0.25, 0.3) is 0 Å². The first-order chi connectivity index (χ1) is 6.61. The third kappa shape index (κ3) is 3.64. The Balaban J connectivity index is 2.36. The Hall–Kier alpha value is 0.01000. The monoisotopic (exact) mass is 229 g/mol. The second-order valence-electron chi connectivity index (χ2n) is 3.97. The minimum absolute atomic E-state index is 0.213. The number of thiophene rings is 1. The molecule has 14 heavy (non-hydrogen) atoms. The predicted molar refractivity (Wildman–Crippen MR) is 68.1 cm³/mol. The zero-order chi connectivity index (χ0) is 10.6. The van der Waals surface area contributed by atoms with E-state index in [4.69, 9.17) is 5.73 Å². The molecule has 1 aromatic heterocycles. The summed E-state index contributed by atoms with van der Waals surface area (Å²) < 4.78 is 0. The summed E-state index contributed by atoms with van der Waals surface area (Å²) in [6.07, 6.45) is 0. The molecule has 0 aliphatic heterocycles. The minimum atomic E-state index is 0.213. The van der Waals surface area contributed by atoms with Crippen molar-refractivity contribution in [3.63, 3.8) is 0 Å². The molecule has 1 heterocycles. The summed E-state index contributed by atoms with van der Waals surface area (Å²) >= 11 is 3.74. The van der Waals surface area contributed by atoms with E-state index in [9.17, 15) is 0 Å². The number of hydrogen-bond acceptors (Lipinski definition) is 3. The van der Waals surface area contributed by atoms with Crippen LogP contribution in [0.15, 0.2) is 11.4 Å². The van der Waals surface area contributed by atoms with Crippen molar-refractivity contribution >= 4 is 23.1 Å². The molecule has 2 N–H and O–H groups in total. The van der Waals surface area contributed by atoms with Gasteiger partial charge in [0.1, 0.15) is 0 Å². The topological polar surface area (TPSA) is 26.0 Å². The van der Waals surface area contributed by atoms with E-state index in [1.54, 1.807) is 11.3 Å². The summed E-state index contributed by atoms with van der Waals surface area (Å²) in [6.45, 7) is 6.63. The van der Waals surface area contributed by atoms with Crippen LogP contribution >= 0.6 is 23.1 Å². The highest BCUT2D eigenvalue weighted by Crippen LogP contribution is 2.24. The van der Waals surface area contributed by atoms with Crippen molar-refractivity contribution in [2.24, 2.45) is 11.7 Å². The molecule has 0 spiro atoms. The quantitative estimate of drug-likeness (QED) is 0.837. The maximum atomic E-state index is 6.11. The molecule has 1 atom stereocenters. The fraction of sp³-hybridized carbons (Fsp3) is 0.636. The van der Waals surface area contributed by atoms with Crippen molar-refractivity contribution in [2.45, 2.75) is 26.8 Å². The van der Waals surface area contributed by atoms with Crippen LogP contribution in [0, 0.1) is 12.8 Å². The van der Waals surface area contributed by atoms with E-state index in [0.717, 1.165) is 11.7 Å². The van der Waals surface area contributed by atoms with Gasteiger partial charge < -0.3 is 5.73 Å². The first-order valence-corrected chi connectivity index (χ1v) is 7.02. The van der Waals surface area contributed by atoms with Crippen molar-refractivity contribution < 1.29 is 0 Å². The lowest BCUT2D eigenvalue weighted by atomic mass is 10.1. The fourth-order valence-corrected chi connectivity index (χ4v) is 3.12. The van der Waals surface area contributed by atoms with E-state index in [2.05, 4.69) is 32.2 Å². The molecule has 0 bridgehead atoms. The standard InChI is InChI=1S/C11H19NS2/c1-8(2)6-13-7-11(12)10-4-5-14-9(10)3/h4-5,8,11H,6-7,12H2,1-3H3. The SMILES string of the molecule is Cc1sccc1C(N)CSCC(C)C. The van der Waals surface area contributed by atoms with Gasteiger partial charge in [-0.15, -0.1) is 11.3 Å². The molecule has 0 radical (unpaired) electrons. The van der Waals surface area contributed by atoms with Crippen LogP contribution in [0.3, 0.4) is 0 Å². The molecule has 1 unspecified atom stereocenters. The highest BCUT2D eigenvalue weighted by atomic mass is 32.2. The van der Waals surface area contributed by atoms with Crippen LogP contribution in [0.25, 0.3) is 0 Å². The Morgan fingerprint density at radius 1 is 1.43 bits per heavy atom. The van der Waals surface area contributed by atoms with Crippen LogP contribution in [-0.2, 0) is 0 Å². The lowest BCUT2D eigenvalue weighted by Crippen LogP contribution is -2.13. The van der Waals surface area contributed by atoms with Crippen molar-refractivity contribution in [3.8, 4) is 0 Å². The lowest BCUT2D eigenvalue weighted by molar-refractivity contribution is 0.746. The molecule has 1 aromatic rings. The molecular weight excluding hydrogens is 210 g/mol. The molecular formula is C11H19NS2. The van der Waals surface area contributed by atoms with E-state index in [1.165, 1.54) is 16.2 Å². The summed E-state index contributed by atoms with van der Waals surface area (Å²) in [6, 6.07) is 2.37. The van der Waals surface area contributed by atoms with E-state index < -0.39 is 0 Å². The van der Waals surface area contributed by atoms with Gasteiger partial charge in [-0.2, -0.15) is 11.8 Å². The Labute approximate surface area is 95.1 Å². The van der Waals surface area contributed by atoms with E-state index in [-0.39, 0.29) is 6.04 Å². The molecule has 0 saturated heterocycles. The zero-order valence-electron chi connectivity index (χ0n) is 9.12. The van der Waals surface area contributed by atoms with Crippen molar-refractivity contribution in [2.75, 3.05) is 11.5 Å². The summed E-state index contributed by atoms with van der Waals surface area (Å²) in [5.74, 6) is 3.00. The van der Waals surface area contributed by atoms with Crippen LogP contribution in [0.5, 0.6) is 0 Å². The summed E-state index contributed by atoms with van der Waals surface area (Å²) in [7, 11) is 0. The second kappa shape index (κ2) is 5.79. The zero-order valence-corrected chi connectivity index (χ0v) is 10.8. The number of nitrogens with two attached hydrogens (primary N) is 1. The van der Waals surface area contributed by atoms with Crippen molar-refractivity contribution in [3.05, 3.63) is 21.9 Å². The third-order valence-electron chi connectivity index (χ3n) is 2.05. The molecule has 0 aliphatic rings. The Kier molecular flexibility index (Phi) is 4.99. The van der Waals surface area contributed by atoms with E-state index in [1.807, 2.05) is 11.8 Å². The van der Waals surface area contributed by atoms with Gasteiger partial charge in [-0.3, -0.25) is 0 Å². The average molecular weight is 229 g/mol. The van der Waals surface area contributed by atoms with Crippen molar-refractivity contribution in [1.29, 1.82) is 0 Å². The van der Waals surface area contributed by atoms with Crippen LogP contribution in [0.2, 0.25) is 0 Å². The fourth-order valence-electron chi connectivity index (χ4n) is 1.30. The number of rotatable bonds is 5. The highest BCUT2D eigenvalue weighted by molar-refractivity contribution is 7.99. The van der Waals surface area contributed by atoms with E-state index in [0.29, 0.717) is 0 Å². The molecule has 1 nitrogen and oxygen atoms in total. The lowest BCUT2D eigenvalue weighted by Gasteiger charge is -2.12. The molecule has 0 fully saturated rings. The van der Waals surface area contributed by atoms with Crippen LogP contribution in [0.1, 0.15) is 30.3 Å². The van der Waals surface area contributed by atoms with E-state index >= 15 is 0 Å². The Morgan fingerprint density at radius 3 is 2.64 bits per heavy atom. The van der Waals surface area contributed by atoms with Gasteiger partial charge in [0.2, 0.25) is 0 Å². The number of hydrogen-bond donors (Lipinski definition) is 1. The normalized spacial score (nSPS) is 13.5. The van der Waals surface area contributed by atoms with Gasteiger partial charge in [-0.1, -0.05) is 13.8 Å². The van der Waals surface area contributed by atoms with Crippen molar-refractivity contribution in [1.82, 2.24) is 0 Å². The molecule has 1 rings (SSSR count). The van der Waals surface area contributed by atoms with Gasteiger partial charge in [-0.25, -0.2) is 0 Å². The average Bonchev–Trinajstić information content (AvgIpc) is 2.50. The first-order valence-electron chi connectivity index (χ1n) is 4.98. The molecule has 0 aliphatic carbocycles. The van der Waals surface area contributed by atoms with Gasteiger partial charge in [0, 0.05) is 16.7 Å². The Morgan fingerprint density at radius 2 is 2.14 bits per heavy atom. The smallest absolute Gasteiger partial charge is 0.0397 e. The largest absolute Gasteiger partial charge is 0.323 e. The van der Waals surface area contributed by atoms with Crippen LogP contribution in [0.4, 0.5) is 0 Å². The maximum absolute atomic E-state index is 6.11. The molecule has 0 aromatic carbocycles. The van der Waals surface area contributed by atoms with Gasteiger partial charge >= 0.3 is 0 Å². The third-order valence-corrected chi connectivity index (χ3v) is 4.41. The number of aryl methyl sites for hydroxylation is 1. The van der Waals surface area contributed by atoms with Crippen LogP contribution < -0.4 is 5.73 Å². The molecule has 80 valence electrons. The van der Waals surface area contributed by atoms with Gasteiger partial charge in [-0.05, 0) is 35.6 Å².